The van der Waals surface area contributed by atoms with Crippen LogP contribution >= 0.6 is 22.9 Å². The lowest BCUT2D eigenvalue weighted by atomic mass is 10.2. The molecule has 0 bridgehead atoms. The van der Waals surface area contributed by atoms with Crippen LogP contribution in [0.1, 0.15) is 10.4 Å². The zero-order chi connectivity index (χ0) is 12.3. The first kappa shape index (κ1) is 11.7. The van der Waals surface area contributed by atoms with Crippen molar-refractivity contribution in [1.29, 1.82) is 5.26 Å². The van der Waals surface area contributed by atoms with Gasteiger partial charge in [0.15, 0.2) is 10.3 Å². The number of nitrogens with zero attached hydrogens (tertiary/aromatic N) is 2. The van der Waals surface area contributed by atoms with Crippen LogP contribution in [0, 0.1) is 11.3 Å². The second-order valence-electron chi connectivity index (χ2n) is 3.23. The van der Waals surface area contributed by atoms with Crippen molar-refractivity contribution in [2.45, 2.75) is 6.54 Å². The van der Waals surface area contributed by atoms with Crippen LogP contribution < -0.4 is 5.32 Å². The molecule has 0 saturated heterocycles. The molecule has 0 amide bonds. The van der Waals surface area contributed by atoms with E-state index in [0.717, 1.165) is 5.56 Å². The molecule has 17 heavy (non-hydrogen) atoms. The molecule has 4 nitrogen and oxygen atoms in total. The predicted molar refractivity (Wildman–Crippen MR) is 67.3 cm³/mol. The number of aromatic nitrogens is 1. The fourth-order valence-electron chi connectivity index (χ4n) is 1.28. The number of nitriles is 1. The van der Waals surface area contributed by atoms with E-state index in [4.69, 9.17) is 16.9 Å². The van der Waals surface area contributed by atoms with E-state index in [-0.39, 0.29) is 10.9 Å². The summed E-state index contributed by atoms with van der Waals surface area (Å²) in [5.74, 6) is 0.225. The van der Waals surface area contributed by atoms with E-state index in [0.29, 0.717) is 16.6 Å². The number of nitrogens with one attached hydrogen (secondary N) is 1. The Morgan fingerprint density at radius 1 is 1.47 bits per heavy atom. The normalized spacial score (nSPS) is 9.88. The molecule has 2 rings (SSSR count). The second kappa shape index (κ2) is 5.04. The van der Waals surface area contributed by atoms with E-state index < -0.39 is 0 Å². The molecule has 0 aliphatic carbocycles. The van der Waals surface area contributed by atoms with Crippen LogP contribution in [0.5, 0.6) is 5.75 Å². The number of aromatic hydroxyl groups is 1. The van der Waals surface area contributed by atoms with Crippen LogP contribution in [0.15, 0.2) is 24.3 Å². The number of hydrogen-bond donors (Lipinski definition) is 2. The third-order valence-corrected chi connectivity index (χ3v) is 3.41. The smallest absolute Gasteiger partial charge is 0.185 e. The summed E-state index contributed by atoms with van der Waals surface area (Å²) in [6.45, 7) is 0.432. The Labute approximate surface area is 107 Å². The molecule has 0 radical (unpaired) electrons. The minimum Gasteiger partial charge on any atom is -0.508 e. The summed E-state index contributed by atoms with van der Waals surface area (Å²) in [6, 6.07) is 8.98. The van der Waals surface area contributed by atoms with E-state index in [2.05, 4.69) is 10.3 Å². The number of thiazole rings is 1. The van der Waals surface area contributed by atoms with Gasteiger partial charge in [0, 0.05) is 12.1 Å². The average molecular weight is 266 g/mol. The highest BCUT2D eigenvalue weighted by Crippen LogP contribution is 2.26. The maximum Gasteiger partial charge on any atom is 0.185 e. The number of para-hydroxylation sites is 1. The molecule has 1 aromatic heterocycles. The Morgan fingerprint density at radius 2 is 2.24 bits per heavy atom. The lowest BCUT2D eigenvalue weighted by Crippen LogP contribution is -1.98. The van der Waals surface area contributed by atoms with E-state index >= 15 is 0 Å². The van der Waals surface area contributed by atoms with Crippen LogP contribution in [0.4, 0.5) is 5.13 Å². The van der Waals surface area contributed by atoms with Gasteiger partial charge >= 0.3 is 0 Å². The maximum absolute atomic E-state index is 9.56. The third kappa shape index (κ3) is 2.67. The quantitative estimate of drug-likeness (QED) is 0.895. The molecule has 0 aliphatic rings. The molecule has 0 fully saturated rings. The number of rotatable bonds is 3. The van der Waals surface area contributed by atoms with Crippen LogP contribution in [0.25, 0.3) is 0 Å². The summed E-state index contributed by atoms with van der Waals surface area (Å²) in [4.78, 5) is 4.38. The van der Waals surface area contributed by atoms with Gasteiger partial charge in [-0.25, -0.2) is 4.98 Å². The Balaban J connectivity index is 2.08. The highest BCUT2D eigenvalue weighted by atomic mass is 35.5. The van der Waals surface area contributed by atoms with Crippen molar-refractivity contribution in [3.63, 3.8) is 0 Å². The monoisotopic (exact) mass is 265 g/mol. The van der Waals surface area contributed by atoms with Gasteiger partial charge in [-0.05, 0) is 6.07 Å². The van der Waals surface area contributed by atoms with Crippen molar-refractivity contribution < 1.29 is 5.11 Å². The minimum atomic E-state index is 0.206. The molecule has 0 saturated carbocycles. The fourth-order valence-corrected chi connectivity index (χ4v) is 2.22. The number of anilines is 1. The number of benzene rings is 1. The molecule has 0 aliphatic heterocycles. The lowest BCUT2D eigenvalue weighted by molar-refractivity contribution is 0.469. The van der Waals surface area contributed by atoms with Gasteiger partial charge in [-0.15, -0.1) is 0 Å². The summed E-state index contributed by atoms with van der Waals surface area (Å²) < 4.78 is 0. The molecule has 1 aromatic carbocycles. The first-order chi connectivity index (χ1) is 8.20. The van der Waals surface area contributed by atoms with Gasteiger partial charge in [-0.2, -0.15) is 5.26 Å². The lowest BCUT2D eigenvalue weighted by Gasteiger charge is -2.04. The number of phenols is 1. The highest BCUT2D eigenvalue weighted by molar-refractivity contribution is 7.16. The molecule has 0 atom stereocenters. The molecule has 1 heterocycles. The van der Waals surface area contributed by atoms with E-state index in [1.165, 1.54) is 11.3 Å². The van der Waals surface area contributed by atoms with Gasteiger partial charge in [-0.3, -0.25) is 0 Å². The molecule has 0 unspecified atom stereocenters. The van der Waals surface area contributed by atoms with Crippen LogP contribution in [-0.2, 0) is 6.54 Å². The zero-order valence-electron chi connectivity index (χ0n) is 8.64. The molecular weight excluding hydrogens is 258 g/mol. The Hall–Kier alpha value is -1.77. The van der Waals surface area contributed by atoms with Crippen molar-refractivity contribution in [1.82, 2.24) is 4.98 Å². The second-order valence-corrected chi connectivity index (χ2v) is 4.59. The molecule has 0 spiro atoms. The average Bonchev–Trinajstić information content (AvgIpc) is 2.69. The summed E-state index contributed by atoms with van der Waals surface area (Å²) >= 11 is 6.93. The van der Waals surface area contributed by atoms with Gasteiger partial charge in [-0.1, -0.05) is 41.1 Å². The summed E-state index contributed by atoms with van der Waals surface area (Å²) in [6.07, 6.45) is 0. The zero-order valence-corrected chi connectivity index (χ0v) is 10.2. The SMILES string of the molecule is N#Cc1sc(NCc2ccccc2O)nc1Cl. The Bertz CT molecular complexity index is 576. The highest BCUT2D eigenvalue weighted by Gasteiger charge is 2.08. The van der Waals surface area contributed by atoms with Crippen molar-refractivity contribution >= 4 is 28.1 Å². The Kier molecular flexibility index (Phi) is 3.47. The standard InChI is InChI=1S/C11H8ClN3OS/c12-10-9(5-13)17-11(15-10)14-6-7-3-1-2-4-8(7)16/h1-4,16H,6H2,(H,14,15). The molecule has 6 heteroatoms. The van der Waals surface area contributed by atoms with Crippen molar-refractivity contribution in [3.8, 4) is 11.8 Å². The first-order valence-electron chi connectivity index (χ1n) is 4.78. The molecule has 2 N–H and O–H groups in total. The first-order valence-corrected chi connectivity index (χ1v) is 5.97. The molecular formula is C11H8ClN3OS. The van der Waals surface area contributed by atoms with E-state index in [1.54, 1.807) is 12.1 Å². The van der Waals surface area contributed by atoms with E-state index in [1.807, 2.05) is 18.2 Å². The van der Waals surface area contributed by atoms with Crippen molar-refractivity contribution in [2.24, 2.45) is 0 Å². The molecule has 2 aromatic rings. The number of hydrogen-bond acceptors (Lipinski definition) is 5. The molecule has 86 valence electrons. The largest absolute Gasteiger partial charge is 0.508 e. The van der Waals surface area contributed by atoms with Crippen LogP contribution in [0.3, 0.4) is 0 Å². The van der Waals surface area contributed by atoms with Crippen molar-refractivity contribution in [2.75, 3.05) is 5.32 Å². The maximum atomic E-state index is 9.56. The fraction of sp³-hybridized carbons (Fsp3) is 0.0909. The van der Waals surface area contributed by atoms with Gasteiger partial charge < -0.3 is 10.4 Å². The summed E-state index contributed by atoms with van der Waals surface area (Å²) in [5, 5.41) is 22.1. The van der Waals surface area contributed by atoms with Crippen LogP contribution in [-0.4, -0.2) is 10.1 Å². The van der Waals surface area contributed by atoms with Crippen molar-refractivity contribution in [3.05, 3.63) is 39.9 Å². The van der Waals surface area contributed by atoms with Gasteiger partial charge in [0.2, 0.25) is 0 Å². The van der Waals surface area contributed by atoms with Gasteiger partial charge in [0.1, 0.15) is 16.7 Å². The number of phenolic OH excluding ortho intramolecular Hbond substituents is 1. The predicted octanol–water partition coefficient (Wildman–Crippen LogP) is 2.99. The Morgan fingerprint density at radius 3 is 2.88 bits per heavy atom. The summed E-state index contributed by atoms with van der Waals surface area (Å²) in [7, 11) is 0. The van der Waals surface area contributed by atoms with E-state index in [9.17, 15) is 5.11 Å². The van der Waals surface area contributed by atoms with Crippen LogP contribution in [0.2, 0.25) is 5.15 Å². The van der Waals surface area contributed by atoms with Gasteiger partial charge in [0.25, 0.3) is 0 Å². The topological polar surface area (TPSA) is 68.9 Å². The minimum absolute atomic E-state index is 0.206. The third-order valence-electron chi connectivity index (χ3n) is 2.11. The van der Waals surface area contributed by atoms with Gasteiger partial charge in [0.05, 0.1) is 0 Å². The number of halogens is 1. The summed E-state index contributed by atoms with van der Waals surface area (Å²) in [5.41, 5.74) is 0.761.